The highest BCUT2D eigenvalue weighted by Crippen LogP contribution is 2.11. The molecule has 1 amide bonds. The fraction of sp³-hybridized carbons (Fsp3) is 0.375. The summed E-state index contributed by atoms with van der Waals surface area (Å²) in [4.78, 5) is 22.2. The lowest BCUT2D eigenvalue weighted by Crippen LogP contribution is -2.38. The number of hydrogen-bond donors (Lipinski definition) is 2. The summed E-state index contributed by atoms with van der Waals surface area (Å²) in [5.41, 5.74) is 4.64. The summed E-state index contributed by atoms with van der Waals surface area (Å²) in [5.74, 6) is -0.976. The number of nitrogens with zero attached hydrogens (tertiary/aromatic N) is 2. The molecule has 0 aliphatic heterocycles. The predicted octanol–water partition coefficient (Wildman–Crippen LogP) is -0.496. The number of amides is 1. The van der Waals surface area contributed by atoms with Crippen LogP contribution in [0.4, 0.5) is 19.0 Å². The van der Waals surface area contributed by atoms with Crippen molar-refractivity contribution in [3.8, 4) is 0 Å². The summed E-state index contributed by atoms with van der Waals surface area (Å²) in [6, 6.07) is 2.30. The molecule has 9 heteroatoms. The zero-order valence-electron chi connectivity index (χ0n) is 8.49. The molecule has 0 atom stereocenters. The number of carbonyl (C=O) groups is 1. The van der Waals surface area contributed by atoms with E-state index in [1.807, 2.05) is 0 Å². The second-order valence-electron chi connectivity index (χ2n) is 3.15. The molecule has 1 rings (SSSR count). The van der Waals surface area contributed by atoms with Crippen molar-refractivity contribution in [2.24, 2.45) is 0 Å². The minimum atomic E-state index is -4.50. The number of anilines is 1. The molecule has 0 unspecified atom stereocenters. The van der Waals surface area contributed by atoms with Gasteiger partial charge in [-0.2, -0.15) is 18.3 Å². The number of alkyl halides is 3. The van der Waals surface area contributed by atoms with Crippen LogP contribution < -0.4 is 16.6 Å². The fourth-order valence-electron chi connectivity index (χ4n) is 0.969. The van der Waals surface area contributed by atoms with E-state index in [1.54, 1.807) is 5.32 Å². The Morgan fingerprint density at radius 2 is 2.12 bits per heavy atom. The molecule has 0 saturated carbocycles. The molecule has 1 aromatic heterocycles. The zero-order valence-corrected chi connectivity index (χ0v) is 8.49. The Bertz CT molecular complexity index is 469. The summed E-state index contributed by atoms with van der Waals surface area (Å²) < 4.78 is 36.0. The minimum Gasteiger partial charge on any atom is -0.382 e. The molecule has 1 heterocycles. The molecule has 17 heavy (non-hydrogen) atoms. The number of nitrogens with one attached hydrogen (secondary N) is 1. The molecule has 0 aromatic carbocycles. The van der Waals surface area contributed by atoms with E-state index in [4.69, 9.17) is 5.73 Å². The van der Waals surface area contributed by atoms with Crippen LogP contribution in [0.3, 0.4) is 0 Å². The Morgan fingerprint density at radius 3 is 2.71 bits per heavy atom. The molecule has 0 aliphatic carbocycles. The number of hydrogen-bond acceptors (Lipinski definition) is 4. The van der Waals surface area contributed by atoms with Crippen molar-refractivity contribution in [1.29, 1.82) is 0 Å². The van der Waals surface area contributed by atoms with Crippen LogP contribution in [0.2, 0.25) is 0 Å². The molecule has 0 aliphatic rings. The number of nitrogens with two attached hydrogens (primary N) is 1. The second kappa shape index (κ2) is 4.85. The number of aromatic nitrogens is 2. The number of carbonyl (C=O) groups excluding carboxylic acids is 1. The molecule has 0 bridgehead atoms. The minimum absolute atomic E-state index is 0.00628. The van der Waals surface area contributed by atoms with Crippen LogP contribution >= 0.6 is 0 Å². The Hall–Kier alpha value is -2.06. The summed E-state index contributed by atoms with van der Waals surface area (Å²) in [6.45, 7) is -2.07. The molecule has 0 fully saturated rings. The van der Waals surface area contributed by atoms with E-state index >= 15 is 0 Å². The van der Waals surface area contributed by atoms with Crippen molar-refractivity contribution in [2.75, 3.05) is 12.3 Å². The van der Waals surface area contributed by atoms with Crippen LogP contribution in [0.25, 0.3) is 0 Å². The third-order valence-corrected chi connectivity index (χ3v) is 1.67. The first kappa shape index (κ1) is 13.0. The van der Waals surface area contributed by atoms with Crippen LogP contribution in [0.5, 0.6) is 0 Å². The first-order valence-corrected chi connectivity index (χ1v) is 4.45. The van der Waals surface area contributed by atoms with Crippen molar-refractivity contribution in [3.05, 3.63) is 22.5 Å². The van der Waals surface area contributed by atoms with E-state index in [2.05, 4.69) is 5.10 Å². The topological polar surface area (TPSA) is 90.0 Å². The van der Waals surface area contributed by atoms with Gasteiger partial charge in [0.05, 0.1) is 0 Å². The number of nitrogen functional groups attached to an aromatic ring is 1. The van der Waals surface area contributed by atoms with Crippen LogP contribution in [-0.4, -0.2) is 28.4 Å². The second-order valence-corrected chi connectivity index (χ2v) is 3.15. The lowest BCUT2D eigenvalue weighted by molar-refractivity contribution is -0.138. The molecular weight excluding hydrogens is 241 g/mol. The van der Waals surface area contributed by atoms with E-state index in [9.17, 15) is 22.8 Å². The lowest BCUT2D eigenvalue weighted by atomic mass is 10.5. The van der Waals surface area contributed by atoms with Crippen LogP contribution in [0.1, 0.15) is 0 Å². The number of rotatable bonds is 3. The standard InChI is InChI=1S/C8H9F3N4O2/c9-8(10,11)4-13-6(16)3-15-7(17)2-1-5(12)14-15/h1-2H,3-4H2,(H2,12,14)(H,13,16). The third kappa shape index (κ3) is 4.53. The highest BCUT2D eigenvalue weighted by Gasteiger charge is 2.27. The van der Waals surface area contributed by atoms with Gasteiger partial charge in [0.25, 0.3) is 5.56 Å². The van der Waals surface area contributed by atoms with Gasteiger partial charge in [-0.25, -0.2) is 4.68 Å². The highest BCUT2D eigenvalue weighted by atomic mass is 19.4. The maximum atomic E-state index is 11.8. The maximum Gasteiger partial charge on any atom is 0.405 e. The Kier molecular flexibility index (Phi) is 3.71. The largest absolute Gasteiger partial charge is 0.405 e. The van der Waals surface area contributed by atoms with Gasteiger partial charge in [0.2, 0.25) is 5.91 Å². The van der Waals surface area contributed by atoms with Gasteiger partial charge in [-0.3, -0.25) is 9.59 Å². The Balaban J connectivity index is 2.62. The third-order valence-electron chi connectivity index (χ3n) is 1.67. The molecule has 6 nitrogen and oxygen atoms in total. The van der Waals surface area contributed by atoms with Gasteiger partial charge in [-0.05, 0) is 6.07 Å². The van der Waals surface area contributed by atoms with Gasteiger partial charge in [0.15, 0.2) is 0 Å². The molecule has 0 radical (unpaired) electrons. The van der Waals surface area contributed by atoms with Crippen molar-refractivity contribution < 1.29 is 18.0 Å². The van der Waals surface area contributed by atoms with Gasteiger partial charge >= 0.3 is 6.18 Å². The molecule has 3 N–H and O–H groups in total. The van der Waals surface area contributed by atoms with E-state index in [0.717, 1.165) is 6.07 Å². The average molecular weight is 250 g/mol. The SMILES string of the molecule is Nc1ccc(=O)n(CC(=O)NCC(F)(F)F)n1. The summed E-state index contributed by atoms with van der Waals surface area (Å²) in [6.07, 6.45) is -4.50. The van der Waals surface area contributed by atoms with Gasteiger partial charge in [-0.1, -0.05) is 0 Å². The van der Waals surface area contributed by atoms with Crippen molar-refractivity contribution >= 4 is 11.7 Å². The van der Waals surface area contributed by atoms with E-state index in [-0.39, 0.29) is 5.82 Å². The average Bonchev–Trinajstić information content (AvgIpc) is 2.20. The molecule has 0 saturated heterocycles. The van der Waals surface area contributed by atoms with Crippen LogP contribution in [0.15, 0.2) is 16.9 Å². The molecule has 1 aromatic rings. The van der Waals surface area contributed by atoms with Crippen LogP contribution in [-0.2, 0) is 11.3 Å². The van der Waals surface area contributed by atoms with E-state index in [0.29, 0.717) is 4.68 Å². The Labute approximate surface area is 93.2 Å². The monoisotopic (exact) mass is 250 g/mol. The first-order valence-electron chi connectivity index (χ1n) is 4.45. The van der Waals surface area contributed by atoms with Gasteiger partial charge in [0, 0.05) is 6.07 Å². The smallest absolute Gasteiger partial charge is 0.382 e. The Morgan fingerprint density at radius 1 is 1.47 bits per heavy atom. The first-order chi connectivity index (χ1) is 7.78. The van der Waals surface area contributed by atoms with Gasteiger partial charge in [-0.15, -0.1) is 0 Å². The van der Waals surface area contributed by atoms with E-state index in [1.165, 1.54) is 6.07 Å². The van der Waals surface area contributed by atoms with E-state index < -0.39 is 30.7 Å². The van der Waals surface area contributed by atoms with Gasteiger partial charge in [0.1, 0.15) is 18.9 Å². The predicted molar refractivity (Wildman–Crippen MR) is 52.0 cm³/mol. The van der Waals surface area contributed by atoms with Gasteiger partial charge < -0.3 is 11.1 Å². The van der Waals surface area contributed by atoms with Crippen LogP contribution in [0, 0.1) is 0 Å². The van der Waals surface area contributed by atoms with Crippen molar-refractivity contribution in [3.63, 3.8) is 0 Å². The normalized spacial score (nSPS) is 11.2. The molecule has 94 valence electrons. The highest BCUT2D eigenvalue weighted by molar-refractivity contribution is 5.75. The zero-order chi connectivity index (χ0) is 13.1. The summed E-state index contributed by atoms with van der Waals surface area (Å²) in [5, 5.41) is 5.11. The summed E-state index contributed by atoms with van der Waals surface area (Å²) in [7, 11) is 0. The lowest BCUT2D eigenvalue weighted by Gasteiger charge is -2.08. The molecule has 0 spiro atoms. The fourth-order valence-corrected chi connectivity index (χ4v) is 0.969. The maximum absolute atomic E-state index is 11.8. The quantitative estimate of drug-likeness (QED) is 0.757. The summed E-state index contributed by atoms with van der Waals surface area (Å²) >= 11 is 0. The molecular formula is C8H9F3N4O2. The number of halogens is 3. The van der Waals surface area contributed by atoms with Crippen molar-refractivity contribution in [2.45, 2.75) is 12.7 Å². The van der Waals surface area contributed by atoms with Crippen molar-refractivity contribution in [1.82, 2.24) is 15.1 Å².